The van der Waals surface area contributed by atoms with Crippen molar-refractivity contribution in [1.29, 1.82) is 0 Å². The summed E-state index contributed by atoms with van der Waals surface area (Å²) in [6.45, 7) is 17.1. The number of halogens is 1. The van der Waals surface area contributed by atoms with Crippen molar-refractivity contribution < 1.29 is 4.48 Å². The van der Waals surface area contributed by atoms with Crippen LogP contribution in [0.5, 0.6) is 0 Å². The monoisotopic (exact) mass is 290 g/mol. The molecule has 2 atom stereocenters. The van der Waals surface area contributed by atoms with Crippen LogP contribution in [0.3, 0.4) is 0 Å². The molecule has 0 amide bonds. The third-order valence-corrected chi connectivity index (χ3v) is 3.87. The van der Waals surface area contributed by atoms with Crippen molar-refractivity contribution >= 4 is 11.6 Å². The molecule has 0 aromatic carbocycles. The molecule has 116 valence electrons. The van der Waals surface area contributed by atoms with E-state index >= 15 is 0 Å². The van der Waals surface area contributed by atoms with Crippen LogP contribution in [0.4, 0.5) is 0 Å². The van der Waals surface area contributed by atoms with Crippen molar-refractivity contribution in [2.45, 2.75) is 54.4 Å². The third-order valence-electron chi connectivity index (χ3n) is 3.87. The van der Waals surface area contributed by atoms with Gasteiger partial charge in [-0.1, -0.05) is 41.5 Å². The third kappa shape index (κ3) is 8.19. The van der Waals surface area contributed by atoms with Crippen molar-refractivity contribution in [2.75, 3.05) is 33.6 Å². The van der Waals surface area contributed by atoms with E-state index in [9.17, 15) is 0 Å². The van der Waals surface area contributed by atoms with Gasteiger partial charge in [0.25, 0.3) is 0 Å². The number of rotatable bonds is 2. The Labute approximate surface area is 127 Å². The summed E-state index contributed by atoms with van der Waals surface area (Å²) in [5, 5.41) is 0. The molecule has 19 heavy (non-hydrogen) atoms. The van der Waals surface area contributed by atoms with E-state index in [1.54, 1.807) is 0 Å². The average Bonchev–Trinajstić information content (AvgIpc) is 2.38. The standard InChI is InChI=1S/C16H34N.CH3Cl/c1-15(2,3)9-13-11-17(7,8)12-14(13)10-16(4,5)6;1-2/h13-14H,9-12H2,1-8H3;1H3/q+1;. The van der Waals surface area contributed by atoms with Crippen LogP contribution >= 0.6 is 11.6 Å². The Morgan fingerprint density at radius 2 is 1.05 bits per heavy atom. The van der Waals surface area contributed by atoms with Gasteiger partial charge in [0.15, 0.2) is 0 Å². The SMILES string of the molecule is CC(C)(C)CC1C[N+](C)(C)CC1CC(C)(C)C.CCl. The minimum Gasteiger partial charge on any atom is -0.328 e. The maximum atomic E-state index is 4.64. The van der Waals surface area contributed by atoms with Crippen molar-refractivity contribution in [3.8, 4) is 0 Å². The second-order valence-corrected chi connectivity index (χ2v) is 9.35. The van der Waals surface area contributed by atoms with E-state index < -0.39 is 0 Å². The van der Waals surface area contributed by atoms with E-state index in [4.69, 9.17) is 0 Å². The first kappa shape index (κ1) is 19.2. The number of nitrogens with zero attached hydrogens (tertiary/aromatic N) is 1. The topological polar surface area (TPSA) is 0 Å². The molecule has 2 unspecified atom stereocenters. The zero-order valence-electron chi connectivity index (χ0n) is 14.8. The number of likely N-dealkylation sites (tertiary alicyclic amines) is 1. The smallest absolute Gasteiger partial charge is 0.0816 e. The second kappa shape index (κ2) is 6.80. The van der Waals surface area contributed by atoms with Gasteiger partial charge in [-0.2, -0.15) is 0 Å². The number of hydrogen-bond acceptors (Lipinski definition) is 0. The van der Waals surface area contributed by atoms with Gasteiger partial charge in [0.05, 0.1) is 27.2 Å². The summed E-state index contributed by atoms with van der Waals surface area (Å²) in [5.41, 5.74) is 0.955. The lowest BCUT2D eigenvalue weighted by Crippen LogP contribution is -2.37. The molecule has 0 saturated carbocycles. The maximum absolute atomic E-state index is 4.64. The molecule has 0 bridgehead atoms. The van der Waals surface area contributed by atoms with Crippen molar-refractivity contribution in [2.24, 2.45) is 22.7 Å². The summed E-state index contributed by atoms with van der Waals surface area (Å²) in [4.78, 5) is 0. The fraction of sp³-hybridized carbons (Fsp3) is 1.00. The summed E-state index contributed by atoms with van der Waals surface area (Å²) in [6, 6.07) is 0. The van der Waals surface area contributed by atoms with Crippen molar-refractivity contribution in [1.82, 2.24) is 0 Å². The van der Waals surface area contributed by atoms with Crippen LogP contribution in [-0.4, -0.2) is 38.1 Å². The summed E-state index contributed by atoms with van der Waals surface area (Å²) in [6.07, 6.45) is 4.24. The van der Waals surface area contributed by atoms with Gasteiger partial charge in [-0.15, -0.1) is 11.6 Å². The maximum Gasteiger partial charge on any atom is 0.0816 e. The molecule has 1 heterocycles. The Bertz CT molecular complexity index is 231. The molecule has 0 aromatic heterocycles. The number of alkyl halides is 1. The number of hydrogen-bond donors (Lipinski definition) is 0. The van der Waals surface area contributed by atoms with Crippen LogP contribution in [0.1, 0.15) is 54.4 Å². The first-order chi connectivity index (χ1) is 8.38. The van der Waals surface area contributed by atoms with E-state index in [-0.39, 0.29) is 0 Å². The van der Waals surface area contributed by atoms with Gasteiger partial charge in [0.1, 0.15) is 0 Å². The highest BCUT2D eigenvalue weighted by Gasteiger charge is 2.42. The second-order valence-electron chi connectivity index (χ2n) is 9.35. The Kier molecular flexibility index (Phi) is 6.89. The lowest BCUT2D eigenvalue weighted by molar-refractivity contribution is -0.880. The quantitative estimate of drug-likeness (QED) is 0.494. The highest BCUT2D eigenvalue weighted by atomic mass is 35.5. The summed E-state index contributed by atoms with van der Waals surface area (Å²) < 4.78 is 1.22. The Hall–Kier alpha value is 0.250. The molecule has 1 nitrogen and oxygen atoms in total. The molecule has 2 heteroatoms. The van der Waals surface area contributed by atoms with Gasteiger partial charge >= 0.3 is 0 Å². The molecule has 1 aliphatic rings. The average molecular weight is 291 g/mol. The summed E-state index contributed by atoms with van der Waals surface area (Å²) in [5.74, 6) is 1.84. The predicted molar refractivity (Wildman–Crippen MR) is 88.7 cm³/mol. The predicted octanol–water partition coefficient (Wildman–Crippen LogP) is 5.04. The highest BCUT2D eigenvalue weighted by molar-refractivity contribution is 6.15. The minimum absolute atomic E-state index is 0.477. The van der Waals surface area contributed by atoms with Crippen LogP contribution in [0.25, 0.3) is 0 Å². The fourth-order valence-corrected chi connectivity index (χ4v) is 3.68. The van der Waals surface area contributed by atoms with Gasteiger partial charge < -0.3 is 4.48 Å². The lowest BCUT2D eigenvalue weighted by atomic mass is 9.74. The van der Waals surface area contributed by atoms with E-state index in [2.05, 4.69) is 67.2 Å². The van der Waals surface area contributed by atoms with Crippen LogP contribution in [-0.2, 0) is 0 Å². The lowest BCUT2D eigenvalue weighted by Gasteiger charge is -2.28. The molecule has 1 rings (SSSR count). The van der Waals surface area contributed by atoms with E-state index in [1.807, 2.05) is 0 Å². The van der Waals surface area contributed by atoms with E-state index in [0.717, 1.165) is 11.8 Å². The van der Waals surface area contributed by atoms with Crippen LogP contribution in [0.2, 0.25) is 0 Å². The molecule has 1 saturated heterocycles. The zero-order chi connectivity index (χ0) is 15.5. The molecular formula is C17H37ClN+. The van der Waals surface area contributed by atoms with Gasteiger partial charge in [0, 0.05) is 18.2 Å². The zero-order valence-corrected chi connectivity index (χ0v) is 15.6. The normalized spacial score (nSPS) is 26.8. The first-order valence-corrected chi connectivity index (χ1v) is 8.33. The van der Waals surface area contributed by atoms with E-state index in [1.165, 1.54) is 36.8 Å². The molecule has 1 aliphatic heterocycles. The minimum atomic E-state index is 0.477. The Balaban J connectivity index is 0.00000154. The molecule has 1 fully saturated rings. The molecule has 0 spiro atoms. The Morgan fingerprint density at radius 1 is 0.789 bits per heavy atom. The van der Waals surface area contributed by atoms with Crippen molar-refractivity contribution in [3.05, 3.63) is 0 Å². The first-order valence-electron chi connectivity index (χ1n) is 7.58. The van der Waals surface area contributed by atoms with Gasteiger partial charge in [-0.05, 0) is 23.7 Å². The Morgan fingerprint density at radius 3 is 1.26 bits per heavy atom. The highest BCUT2D eigenvalue weighted by Crippen LogP contribution is 2.41. The molecule has 0 aliphatic carbocycles. The van der Waals surface area contributed by atoms with Crippen LogP contribution in [0, 0.1) is 22.7 Å². The molecule has 0 N–H and O–H groups in total. The summed E-state index contributed by atoms with van der Waals surface area (Å²) >= 11 is 4.64. The fourth-order valence-electron chi connectivity index (χ4n) is 3.68. The molecular weight excluding hydrogens is 254 g/mol. The molecule has 0 aromatic rings. The van der Waals surface area contributed by atoms with E-state index in [0.29, 0.717) is 10.8 Å². The van der Waals surface area contributed by atoms with Crippen LogP contribution in [0.15, 0.2) is 0 Å². The largest absolute Gasteiger partial charge is 0.328 e. The van der Waals surface area contributed by atoms with Gasteiger partial charge in [-0.25, -0.2) is 0 Å². The van der Waals surface area contributed by atoms with Crippen molar-refractivity contribution in [3.63, 3.8) is 0 Å². The van der Waals surface area contributed by atoms with Crippen LogP contribution < -0.4 is 0 Å². The van der Waals surface area contributed by atoms with Gasteiger partial charge in [-0.3, -0.25) is 0 Å². The van der Waals surface area contributed by atoms with Gasteiger partial charge in [0.2, 0.25) is 0 Å². The molecule has 0 radical (unpaired) electrons. The number of quaternary nitrogens is 1. The summed E-state index contributed by atoms with van der Waals surface area (Å²) in [7, 11) is 4.80.